The second-order valence-electron chi connectivity index (χ2n) is 4.37. The van der Waals surface area contributed by atoms with Gasteiger partial charge in [-0.2, -0.15) is 0 Å². The van der Waals surface area contributed by atoms with Crippen LogP contribution in [0.5, 0.6) is 0 Å². The van der Waals surface area contributed by atoms with Gasteiger partial charge in [0, 0.05) is 10.1 Å². The summed E-state index contributed by atoms with van der Waals surface area (Å²) in [6.45, 7) is 0.0844. The predicted octanol–water partition coefficient (Wildman–Crippen LogP) is 2.49. The van der Waals surface area contributed by atoms with Crippen molar-refractivity contribution in [1.82, 2.24) is 5.32 Å². The third kappa shape index (κ3) is 4.28. The Morgan fingerprint density at radius 1 is 1.00 bits per heavy atom. The predicted molar refractivity (Wildman–Crippen MR) is 90.0 cm³/mol. The van der Waals surface area contributed by atoms with Gasteiger partial charge in [0.2, 0.25) is 0 Å². The summed E-state index contributed by atoms with van der Waals surface area (Å²) in [6.07, 6.45) is 0. The van der Waals surface area contributed by atoms with Crippen LogP contribution in [0.2, 0.25) is 0 Å². The van der Waals surface area contributed by atoms with E-state index in [-0.39, 0.29) is 23.1 Å². The molecular formula is C15H14INO3S. The molecule has 2 aromatic carbocycles. The molecule has 2 aromatic rings. The number of carbonyl (C=O) groups excluding carboxylic acids is 1. The normalized spacial score (nSPS) is 11.1. The lowest BCUT2D eigenvalue weighted by molar-refractivity contribution is 0.0955. The van der Waals surface area contributed by atoms with Gasteiger partial charge in [0.15, 0.2) is 9.84 Å². The molecule has 0 atom stereocenters. The lowest BCUT2D eigenvalue weighted by Gasteiger charge is -2.07. The smallest absolute Gasteiger partial charge is 0.252 e. The highest BCUT2D eigenvalue weighted by molar-refractivity contribution is 14.1. The van der Waals surface area contributed by atoms with Crippen LogP contribution in [0.1, 0.15) is 10.4 Å². The van der Waals surface area contributed by atoms with Crippen molar-refractivity contribution < 1.29 is 13.2 Å². The largest absolute Gasteiger partial charge is 0.351 e. The number of hydrogen-bond donors (Lipinski definition) is 1. The average molecular weight is 415 g/mol. The van der Waals surface area contributed by atoms with Crippen LogP contribution < -0.4 is 5.32 Å². The van der Waals surface area contributed by atoms with Crippen molar-refractivity contribution in [3.63, 3.8) is 0 Å². The van der Waals surface area contributed by atoms with Crippen LogP contribution in [0.4, 0.5) is 0 Å². The van der Waals surface area contributed by atoms with Crippen molar-refractivity contribution in [3.8, 4) is 0 Å². The highest BCUT2D eigenvalue weighted by Gasteiger charge is 2.15. The van der Waals surface area contributed by atoms with Crippen molar-refractivity contribution in [2.45, 2.75) is 4.90 Å². The van der Waals surface area contributed by atoms with Gasteiger partial charge in [-0.25, -0.2) is 8.42 Å². The minimum absolute atomic E-state index is 0.0844. The molecule has 0 unspecified atom stereocenters. The highest BCUT2D eigenvalue weighted by atomic mass is 127. The van der Waals surface area contributed by atoms with E-state index in [1.807, 2.05) is 12.1 Å². The molecule has 21 heavy (non-hydrogen) atoms. The Kier molecular flexibility index (Phi) is 5.35. The summed E-state index contributed by atoms with van der Waals surface area (Å²) in [5.74, 6) is -0.380. The molecule has 0 spiro atoms. The van der Waals surface area contributed by atoms with Gasteiger partial charge in [-0.05, 0) is 46.9 Å². The molecule has 0 aromatic heterocycles. The topological polar surface area (TPSA) is 63.2 Å². The van der Waals surface area contributed by atoms with Crippen molar-refractivity contribution in [3.05, 3.63) is 63.7 Å². The maximum Gasteiger partial charge on any atom is 0.252 e. The Bertz CT molecular complexity index is 730. The molecule has 110 valence electrons. The molecule has 0 saturated heterocycles. The zero-order valence-corrected chi connectivity index (χ0v) is 14.1. The molecule has 0 heterocycles. The maximum atomic E-state index is 12.1. The molecule has 0 fully saturated rings. The van der Waals surface area contributed by atoms with E-state index in [9.17, 15) is 13.2 Å². The van der Waals surface area contributed by atoms with Gasteiger partial charge in [-0.15, -0.1) is 0 Å². The molecular weight excluding hydrogens is 401 g/mol. The third-order valence-corrected chi connectivity index (χ3v) is 5.55. The number of hydrogen-bond acceptors (Lipinski definition) is 3. The van der Waals surface area contributed by atoms with Crippen molar-refractivity contribution in [2.75, 3.05) is 12.3 Å². The molecule has 6 heteroatoms. The Balaban J connectivity index is 1.96. The fourth-order valence-electron chi connectivity index (χ4n) is 1.79. The summed E-state index contributed by atoms with van der Waals surface area (Å²) < 4.78 is 25.0. The zero-order valence-electron chi connectivity index (χ0n) is 11.1. The number of benzene rings is 2. The second-order valence-corrected chi connectivity index (χ2v) is 7.64. The average Bonchev–Trinajstić information content (AvgIpc) is 2.48. The summed E-state index contributed by atoms with van der Waals surface area (Å²) in [4.78, 5) is 12.2. The molecule has 1 N–H and O–H groups in total. The van der Waals surface area contributed by atoms with Gasteiger partial charge < -0.3 is 5.32 Å². The Labute approximate surface area is 137 Å². The van der Waals surface area contributed by atoms with Crippen LogP contribution >= 0.6 is 22.6 Å². The lowest BCUT2D eigenvalue weighted by atomic mass is 10.2. The van der Waals surface area contributed by atoms with Gasteiger partial charge in [0.1, 0.15) is 0 Å². The highest BCUT2D eigenvalue weighted by Crippen LogP contribution is 2.12. The van der Waals surface area contributed by atoms with Gasteiger partial charge in [-0.3, -0.25) is 4.79 Å². The van der Waals surface area contributed by atoms with Crippen LogP contribution in [-0.4, -0.2) is 26.6 Å². The minimum Gasteiger partial charge on any atom is -0.351 e. The molecule has 4 nitrogen and oxygen atoms in total. The van der Waals surface area contributed by atoms with E-state index in [4.69, 9.17) is 0 Å². The maximum absolute atomic E-state index is 12.1. The van der Waals surface area contributed by atoms with Crippen molar-refractivity contribution in [2.24, 2.45) is 0 Å². The second kappa shape index (κ2) is 7.04. The first-order valence-corrected chi connectivity index (χ1v) is 9.04. The van der Waals surface area contributed by atoms with Gasteiger partial charge in [-0.1, -0.05) is 30.3 Å². The molecule has 0 radical (unpaired) electrons. The minimum atomic E-state index is -3.36. The summed E-state index contributed by atoms with van der Waals surface area (Å²) >= 11 is 2.07. The first-order chi connectivity index (χ1) is 10.0. The quantitative estimate of drug-likeness (QED) is 0.764. The Morgan fingerprint density at radius 3 is 2.29 bits per heavy atom. The fraction of sp³-hybridized carbons (Fsp3) is 0.133. The van der Waals surface area contributed by atoms with Crippen LogP contribution in [-0.2, 0) is 9.84 Å². The van der Waals surface area contributed by atoms with E-state index >= 15 is 0 Å². The zero-order chi connectivity index (χ0) is 15.3. The number of amides is 1. The van der Waals surface area contributed by atoms with Crippen LogP contribution in [0.15, 0.2) is 59.5 Å². The van der Waals surface area contributed by atoms with Crippen LogP contribution in [0.25, 0.3) is 0 Å². The summed E-state index contributed by atoms with van der Waals surface area (Å²) in [5.41, 5.74) is 0.551. The summed E-state index contributed by atoms with van der Waals surface area (Å²) in [6, 6.07) is 15.4. The number of rotatable bonds is 5. The summed E-state index contributed by atoms with van der Waals surface area (Å²) in [5, 5.41) is 2.64. The Morgan fingerprint density at radius 2 is 1.62 bits per heavy atom. The van der Waals surface area contributed by atoms with Gasteiger partial charge in [0.05, 0.1) is 16.2 Å². The molecule has 0 aliphatic heterocycles. The van der Waals surface area contributed by atoms with E-state index in [0.29, 0.717) is 5.56 Å². The molecule has 0 aliphatic rings. The lowest BCUT2D eigenvalue weighted by Crippen LogP contribution is -2.29. The van der Waals surface area contributed by atoms with Gasteiger partial charge >= 0.3 is 0 Å². The molecule has 1 amide bonds. The van der Waals surface area contributed by atoms with Crippen LogP contribution in [0, 0.1) is 3.57 Å². The molecule has 0 saturated carbocycles. The summed E-state index contributed by atoms with van der Waals surface area (Å²) in [7, 11) is -3.36. The number of nitrogens with one attached hydrogen (secondary N) is 1. The SMILES string of the molecule is O=C(NCCS(=O)(=O)c1ccccc1)c1ccccc1I. The van der Waals surface area contributed by atoms with E-state index in [2.05, 4.69) is 27.9 Å². The van der Waals surface area contributed by atoms with Crippen molar-refractivity contribution >= 4 is 38.3 Å². The monoisotopic (exact) mass is 415 g/mol. The number of carbonyl (C=O) groups is 1. The standard InChI is InChI=1S/C15H14INO3S/c16-14-9-5-4-8-13(14)15(18)17-10-11-21(19,20)12-6-2-1-3-7-12/h1-9H,10-11H2,(H,17,18). The first-order valence-electron chi connectivity index (χ1n) is 6.31. The van der Waals surface area contributed by atoms with E-state index < -0.39 is 9.84 Å². The van der Waals surface area contributed by atoms with Crippen molar-refractivity contribution in [1.29, 1.82) is 0 Å². The van der Waals surface area contributed by atoms with Crippen LogP contribution in [0.3, 0.4) is 0 Å². The van der Waals surface area contributed by atoms with E-state index in [0.717, 1.165) is 3.57 Å². The number of halogens is 1. The van der Waals surface area contributed by atoms with Gasteiger partial charge in [0.25, 0.3) is 5.91 Å². The molecule has 0 bridgehead atoms. The van der Waals surface area contributed by atoms with E-state index in [1.165, 1.54) is 0 Å². The third-order valence-electron chi connectivity index (χ3n) is 2.88. The fourth-order valence-corrected chi connectivity index (χ4v) is 3.60. The first kappa shape index (κ1) is 16.0. The Hall–Kier alpha value is -1.41. The van der Waals surface area contributed by atoms with E-state index in [1.54, 1.807) is 42.5 Å². The number of sulfone groups is 1. The molecule has 2 rings (SSSR count). The molecule has 0 aliphatic carbocycles.